The van der Waals surface area contributed by atoms with Crippen LogP contribution in [0.2, 0.25) is 0 Å². The van der Waals surface area contributed by atoms with E-state index in [0.717, 1.165) is 84.2 Å². The van der Waals surface area contributed by atoms with E-state index in [1.165, 1.54) is 0 Å². The molecule has 1 unspecified atom stereocenters. The van der Waals surface area contributed by atoms with Gasteiger partial charge in [-0.25, -0.2) is 24.3 Å². The van der Waals surface area contributed by atoms with E-state index in [9.17, 15) is 0 Å². The Morgan fingerprint density at radius 1 is 0.608 bits per heavy atom. The number of nitrogens with two attached hydrogens (primary N) is 1. The number of hydrogen-bond donors (Lipinski definition) is 1. The first kappa shape index (κ1) is 33.0. The molecule has 0 radical (unpaired) electrons. The average molecular weight is 669 g/mol. The third-order valence-electron chi connectivity index (χ3n) is 8.45. The van der Waals surface area contributed by atoms with Gasteiger partial charge in [0.2, 0.25) is 0 Å². The second kappa shape index (κ2) is 13.7. The van der Waals surface area contributed by atoms with Gasteiger partial charge in [-0.1, -0.05) is 36.4 Å². The number of nitriles is 1. The average Bonchev–Trinajstić information content (AvgIpc) is 3.75. The van der Waals surface area contributed by atoms with Gasteiger partial charge in [-0.3, -0.25) is 4.98 Å². The number of benzene rings is 2. The van der Waals surface area contributed by atoms with Crippen LogP contribution in [0.1, 0.15) is 46.9 Å². The maximum Gasteiger partial charge on any atom is 0.154 e. The Hall–Kier alpha value is -6.57. The lowest BCUT2D eigenvalue weighted by atomic mass is 10.1. The number of hydrogen-bond acceptors (Lipinski definition) is 8. The molecule has 8 aromatic rings. The smallest absolute Gasteiger partial charge is 0.154 e. The summed E-state index contributed by atoms with van der Waals surface area (Å²) < 4.78 is 3.70. The Morgan fingerprint density at radius 3 is 1.61 bits per heavy atom. The van der Waals surface area contributed by atoms with Crippen molar-refractivity contribution in [1.82, 2.24) is 39.5 Å². The number of fused-ring (bicyclic) bond motifs is 2. The Kier molecular flexibility index (Phi) is 8.88. The van der Waals surface area contributed by atoms with Gasteiger partial charge in [-0.05, 0) is 106 Å². The van der Waals surface area contributed by atoms with Gasteiger partial charge >= 0.3 is 0 Å². The molecule has 0 saturated heterocycles. The Morgan fingerprint density at radius 2 is 1.12 bits per heavy atom. The second-order valence-electron chi connectivity index (χ2n) is 12.7. The Bertz CT molecular complexity index is 2590. The summed E-state index contributed by atoms with van der Waals surface area (Å²) in [7, 11) is 0. The largest absolute Gasteiger partial charge is 0.323 e. The van der Waals surface area contributed by atoms with Crippen LogP contribution < -0.4 is 5.73 Å². The van der Waals surface area contributed by atoms with Crippen molar-refractivity contribution in [3.05, 3.63) is 143 Å². The van der Waals surface area contributed by atoms with Crippen molar-refractivity contribution in [2.24, 2.45) is 5.73 Å². The molecule has 8 rings (SSSR count). The molecule has 0 aliphatic carbocycles. The highest BCUT2D eigenvalue weighted by molar-refractivity contribution is 5.86. The highest BCUT2D eigenvalue weighted by Crippen LogP contribution is 2.28. The molecule has 0 aliphatic rings. The number of rotatable bonds is 5. The van der Waals surface area contributed by atoms with Crippen LogP contribution in [0.5, 0.6) is 0 Å². The number of aryl methyl sites for hydroxylation is 4. The fourth-order valence-electron chi connectivity index (χ4n) is 5.96. The van der Waals surface area contributed by atoms with Crippen molar-refractivity contribution in [3.8, 4) is 40.2 Å². The van der Waals surface area contributed by atoms with E-state index in [4.69, 9.17) is 16.0 Å². The van der Waals surface area contributed by atoms with Gasteiger partial charge in [0.15, 0.2) is 11.6 Å². The molecule has 0 spiro atoms. The lowest BCUT2D eigenvalue weighted by molar-refractivity contribution is 0.781. The summed E-state index contributed by atoms with van der Waals surface area (Å²) in [6, 6.07) is 34.0. The summed E-state index contributed by atoms with van der Waals surface area (Å²) in [4.78, 5) is 18.3. The fourth-order valence-corrected chi connectivity index (χ4v) is 5.96. The summed E-state index contributed by atoms with van der Waals surface area (Å²) in [6.45, 7) is 9.92. The number of pyridine rings is 4. The predicted molar refractivity (Wildman–Crippen MR) is 200 cm³/mol. The van der Waals surface area contributed by atoms with Gasteiger partial charge in [-0.2, -0.15) is 15.5 Å². The molecular formula is C41H36N10. The van der Waals surface area contributed by atoms with Crippen LogP contribution in [0.3, 0.4) is 0 Å². The van der Waals surface area contributed by atoms with Crippen LogP contribution in [-0.4, -0.2) is 39.5 Å². The van der Waals surface area contributed by atoms with Crippen molar-refractivity contribution >= 4 is 21.8 Å². The van der Waals surface area contributed by atoms with Crippen molar-refractivity contribution < 1.29 is 0 Å². The minimum atomic E-state index is -0.0978. The highest BCUT2D eigenvalue weighted by Gasteiger charge is 2.12. The van der Waals surface area contributed by atoms with E-state index in [1.807, 2.05) is 116 Å². The molecule has 0 fully saturated rings. The molecule has 2 aromatic carbocycles. The molecule has 6 heterocycles. The lowest BCUT2D eigenvalue weighted by Crippen LogP contribution is -2.08. The van der Waals surface area contributed by atoms with Crippen molar-refractivity contribution in [1.29, 1.82) is 5.26 Å². The first-order valence-corrected chi connectivity index (χ1v) is 16.6. The Balaban J connectivity index is 0.000000159. The summed E-state index contributed by atoms with van der Waals surface area (Å²) >= 11 is 0. The second-order valence-corrected chi connectivity index (χ2v) is 12.7. The molecule has 0 aliphatic heterocycles. The zero-order valence-electron chi connectivity index (χ0n) is 29.1. The van der Waals surface area contributed by atoms with E-state index in [2.05, 4.69) is 62.4 Å². The SMILES string of the molecule is Cc1cc(-c2ccc3cnn(-c4cccc(C)n4)c3c2)nc(C(C)N)c1.Cc1cc(C#N)nc(-c2ccc3cnn(-c4cccc(C)n4)c3c2)c1. The van der Waals surface area contributed by atoms with Gasteiger partial charge < -0.3 is 5.73 Å². The molecule has 1 atom stereocenters. The predicted octanol–water partition coefficient (Wildman–Crippen LogP) is 8.09. The van der Waals surface area contributed by atoms with Crippen LogP contribution >= 0.6 is 0 Å². The van der Waals surface area contributed by atoms with E-state index in [0.29, 0.717) is 5.69 Å². The monoisotopic (exact) mass is 668 g/mol. The summed E-state index contributed by atoms with van der Waals surface area (Å²) in [5.74, 6) is 1.59. The van der Waals surface area contributed by atoms with Gasteiger partial charge in [0.05, 0.1) is 40.5 Å². The molecule has 0 amide bonds. The first-order valence-electron chi connectivity index (χ1n) is 16.6. The molecule has 0 saturated carbocycles. The molecule has 10 nitrogen and oxygen atoms in total. The maximum atomic E-state index is 9.16. The molecule has 250 valence electrons. The standard InChI is InChI=1S/C21H21N5.C20H15N5/c1-13-9-18(15(3)22)25-19(10-13)16-7-8-17-12-23-26(20(17)11-16)21-6-4-5-14(2)24-21;1-13-8-17(11-21)24-18(9-13)15-6-7-16-12-22-25(19(16)10-15)20-5-3-4-14(2)23-20/h4-12,15H,22H2,1-3H3;3-10,12H,1-2H3. The van der Waals surface area contributed by atoms with Crippen LogP contribution in [-0.2, 0) is 0 Å². The van der Waals surface area contributed by atoms with Gasteiger partial charge in [0, 0.05) is 39.3 Å². The van der Waals surface area contributed by atoms with Gasteiger partial charge in [0.25, 0.3) is 0 Å². The number of nitrogens with zero attached hydrogens (tertiary/aromatic N) is 9. The lowest BCUT2D eigenvalue weighted by Gasteiger charge is -2.10. The molecule has 10 heteroatoms. The molecular weight excluding hydrogens is 633 g/mol. The minimum absolute atomic E-state index is 0.0978. The normalized spacial score (nSPS) is 11.6. The van der Waals surface area contributed by atoms with Crippen LogP contribution in [0.25, 0.3) is 56.0 Å². The third-order valence-corrected chi connectivity index (χ3v) is 8.45. The maximum absolute atomic E-state index is 9.16. The van der Waals surface area contributed by atoms with E-state index >= 15 is 0 Å². The van der Waals surface area contributed by atoms with E-state index in [-0.39, 0.29) is 6.04 Å². The zero-order valence-corrected chi connectivity index (χ0v) is 29.1. The summed E-state index contributed by atoms with van der Waals surface area (Å²) in [6.07, 6.45) is 3.69. The minimum Gasteiger partial charge on any atom is -0.323 e. The van der Waals surface area contributed by atoms with Crippen molar-refractivity contribution in [3.63, 3.8) is 0 Å². The highest BCUT2D eigenvalue weighted by atomic mass is 15.3. The van der Waals surface area contributed by atoms with Crippen molar-refractivity contribution in [2.75, 3.05) is 0 Å². The van der Waals surface area contributed by atoms with Gasteiger partial charge in [-0.15, -0.1) is 0 Å². The topological polar surface area (TPSA) is 137 Å². The van der Waals surface area contributed by atoms with Crippen molar-refractivity contribution in [2.45, 2.75) is 40.7 Å². The van der Waals surface area contributed by atoms with Crippen LogP contribution in [0.15, 0.2) is 109 Å². The summed E-state index contributed by atoms with van der Waals surface area (Å²) in [5, 5.41) is 20.2. The zero-order chi connectivity index (χ0) is 35.6. The van der Waals surface area contributed by atoms with E-state index in [1.54, 1.807) is 6.07 Å². The Labute approximate surface area is 295 Å². The molecule has 51 heavy (non-hydrogen) atoms. The van der Waals surface area contributed by atoms with Crippen LogP contribution in [0, 0.1) is 39.0 Å². The first-order chi connectivity index (χ1) is 24.6. The molecule has 0 bridgehead atoms. The quantitative estimate of drug-likeness (QED) is 0.194. The molecule has 6 aromatic heterocycles. The third kappa shape index (κ3) is 6.97. The fraction of sp³-hybridized carbons (Fsp3) is 0.146. The number of aromatic nitrogens is 8. The summed E-state index contributed by atoms with van der Waals surface area (Å²) in [5.41, 5.74) is 17.1. The van der Waals surface area contributed by atoms with E-state index < -0.39 is 0 Å². The van der Waals surface area contributed by atoms with Crippen LogP contribution in [0.4, 0.5) is 0 Å². The molecule has 2 N–H and O–H groups in total. The van der Waals surface area contributed by atoms with Gasteiger partial charge in [0.1, 0.15) is 11.8 Å².